The molecular formula is C13H23NO4. The van der Waals surface area contributed by atoms with Gasteiger partial charge in [0.2, 0.25) is 0 Å². The molecule has 0 radical (unpaired) electrons. The second kappa shape index (κ2) is 5.26. The van der Waals surface area contributed by atoms with Gasteiger partial charge in [0.25, 0.3) is 0 Å². The minimum atomic E-state index is -1.15. The minimum absolute atomic E-state index is 0.0216. The number of carbonyl (C=O) groups is 2. The molecule has 2 atom stereocenters. The van der Waals surface area contributed by atoms with Crippen LogP contribution in [0.1, 0.15) is 46.5 Å². The number of nitrogens with two attached hydrogens (primary N) is 1. The van der Waals surface area contributed by atoms with Crippen LogP contribution in [-0.4, -0.2) is 29.2 Å². The highest BCUT2D eigenvalue weighted by molar-refractivity contribution is 5.85. The summed E-state index contributed by atoms with van der Waals surface area (Å²) in [6.07, 6.45) is 2.63. The average molecular weight is 257 g/mol. The van der Waals surface area contributed by atoms with E-state index in [0.717, 1.165) is 12.8 Å². The highest BCUT2D eigenvalue weighted by atomic mass is 16.6. The van der Waals surface area contributed by atoms with Crippen LogP contribution in [-0.2, 0) is 14.3 Å². The number of hydrogen-bond donors (Lipinski definition) is 2. The molecule has 0 heterocycles. The first-order valence-electron chi connectivity index (χ1n) is 6.39. The number of ether oxygens (including phenoxy) is 1. The standard InChI is InChI=1S/C13H23NO4/c1-12(2,3)18-10(15)9-6-4-5-7-13(9,8-14)11(16)17/h9H,4-8,14H2,1-3H3,(H,16,17). The van der Waals surface area contributed by atoms with Crippen LogP contribution < -0.4 is 5.73 Å². The van der Waals surface area contributed by atoms with Gasteiger partial charge in [-0.05, 0) is 33.6 Å². The number of aliphatic carboxylic acids is 1. The van der Waals surface area contributed by atoms with E-state index in [1.54, 1.807) is 20.8 Å². The Balaban J connectivity index is 2.95. The zero-order valence-electron chi connectivity index (χ0n) is 11.4. The van der Waals surface area contributed by atoms with Gasteiger partial charge in [-0.2, -0.15) is 0 Å². The first-order valence-corrected chi connectivity index (χ1v) is 6.39. The van der Waals surface area contributed by atoms with E-state index in [2.05, 4.69) is 0 Å². The minimum Gasteiger partial charge on any atom is -0.481 e. The Morgan fingerprint density at radius 2 is 2.00 bits per heavy atom. The first-order chi connectivity index (χ1) is 8.23. The summed E-state index contributed by atoms with van der Waals surface area (Å²) in [5, 5.41) is 9.42. The van der Waals surface area contributed by atoms with Gasteiger partial charge in [0.1, 0.15) is 5.60 Å². The maximum atomic E-state index is 12.2. The van der Waals surface area contributed by atoms with Gasteiger partial charge in [-0.15, -0.1) is 0 Å². The maximum Gasteiger partial charge on any atom is 0.311 e. The Hall–Kier alpha value is -1.10. The summed E-state index contributed by atoms with van der Waals surface area (Å²) in [5.74, 6) is -2.05. The SMILES string of the molecule is CC(C)(C)OC(=O)C1CCCCC1(CN)C(=O)O. The molecular weight excluding hydrogens is 234 g/mol. The van der Waals surface area contributed by atoms with Crippen molar-refractivity contribution in [2.45, 2.75) is 52.1 Å². The third-order valence-corrected chi connectivity index (χ3v) is 3.51. The van der Waals surface area contributed by atoms with Crippen molar-refractivity contribution >= 4 is 11.9 Å². The molecule has 0 saturated heterocycles. The van der Waals surface area contributed by atoms with Crippen LogP contribution in [0.3, 0.4) is 0 Å². The zero-order chi connectivity index (χ0) is 14.0. The molecule has 2 unspecified atom stereocenters. The fourth-order valence-corrected chi connectivity index (χ4v) is 2.54. The van der Waals surface area contributed by atoms with E-state index in [1.807, 2.05) is 0 Å². The molecule has 0 amide bonds. The second-order valence-electron chi connectivity index (χ2n) is 6.00. The van der Waals surface area contributed by atoms with E-state index in [4.69, 9.17) is 10.5 Å². The van der Waals surface area contributed by atoms with E-state index >= 15 is 0 Å². The smallest absolute Gasteiger partial charge is 0.311 e. The van der Waals surface area contributed by atoms with Crippen LogP contribution in [0.25, 0.3) is 0 Å². The Morgan fingerprint density at radius 1 is 1.39 bits per heavy atom. The molecule has 5 nitrogen and oxygen atoms in total. The molecule has 1 rings (SSSR count). The van der Waals surface area contributed by atoms with Crippen molar-refractivity contribution < 1.29 is 19.4 Å². The van der Waals surface area contributed by atoms with E-state index < -0.39 is 28.9 Å². The Morgan fingerprint density at radius 3 is 2.44 bits per heavy atom. The van der Waals surface area contributed by atoms with Crippen molar-refractivity contribution in [1.29, 1.82) is 0 Å². The summed E-state index contributed by atoms with van der Waals surface area (Å²) in [6.45, 7) is 5.31. The van der Waals surface area contributed by atoms with Crippen LogP contribution in [0.4, 0.5) is 0 Å². The van der Waals surface area contributed by atoms with Crippen molar-refractivity contribution in [3.05, 3.63) is 0 Å². The van der Waals surface area contributed by atoms with Crippen LogP contribution in [0.2, 0.25) is 0 Å². The quantitative estimate of drug-likeness (QED) is 0.749. The Labute approximate surface area is 108 Å². The first kappa shape index (κ1) is 15.0. The molecule has 0 aromatic rings. The van der Waals surface area contributed by atoms with Crippen LogP contribution in [0.15, 0.2) is 0 Å². The molecule has 1 aliphatic rings. The van der Waals surface area contributed by atoms with E-state index in [9.17, 15) is 14.7 Å². The van der Waals surface area contributed by atoms with Gasteiger partial charge in [0.15, 0.2) is 0 Å². The van der Waals surface area contributed by atoms with E-state index in [0.29, 0.717) is 12.8 Å². The van der Waals surface area contributed by atoms with Crippen molar-refractivity contribution in [2.75, 3.05) is 6.54 Å². The summed E-state index contributed by atoms with van der Waals surface area (Å²) < 4.78 is 5.33. The third kappa shape index (κ3) is 3.02. The van der Waals surface area contributed by atoms with Crippen LogP contribution in [0.5, 0.6) is 0 Å². The van der Waals surface area contributed by atoms with Crippen LogP contribution >= 0.6 is 0 Å². The molecule has 1 saturated carbocycles. The summed E-state index contributed by atoms with van der Waals surface area (Å²) >= 11 is 0. The molecule has 0 spiro atoms. The van der Waals surface area contributed by atoms with Crippen molar-refractivity contribution in [1.82, 2.24) is 0 Å². The number of carboxylic acid groups (broad SMARTS) is 1. The molecule has 0 aliphatic heterocycles. The second-order valence-corrected chi connectivity index (χ2v) is 6.00. The van der Waals surface area contributed by atoms with Gasteiger partial charge < -0.3 is 15.6 Å². The molecule has 5 heteroatoms. The summed E-state index contributed by atoms with van der Waals surface area (Å²) in [4.78, 5) is 23.7. The lowest BCUT2D eigenvalue weighted by Gasteiger charge is -2.39. The molecule has 0 bridgehead atoms. The van der Waals surface area contributed by atoms with Gasteiger partial charge in [0, 0.05) is 6.54 Å². The normalized spacial score (nSPS) is 28.8. The van der Waals surface area contributed by atoms with Crippen molar-refractivity contribution in [2.24, 2.45) is 17.1 Å². The lowest BCUT2D eigenvalue weighted by molar-refractivity contribution is -0.175. The predicted octanol–water partition coefficient (Wildman–Crippen LogP) is 1.55. The zero-order valence-corrected chi connectivity index (χ0v) is 11.4. The third-order valence-electron chi connectivity index (χ3n) is 3.51. The molecule has 1 aliphatic carbocycles. The molecule has 1 fully saturated rings. The fraction of sp³-hybridized carbons (Fsp3) is 0.846. The topological polar surface area (TPSA) is 89.6 Å². The molecule has 18 heavy (non-hydrogen) atoms. The monoisotopic (exact) mass is 257 g/mol. The summed E-state index contributed by atoms with van der Waals surface area (Å²) in [6, 6.07) is 0. The molecule has 0 aromatic heterocycles. The number of esters is 1. The van der Waals surface area contributed by atoms with Gasteiger partial charge in [-0.1, -0.05) is 12.8 Å². The van der Waals surface area contributed by atoms with Gasteiger partial charge >= 0.3 is 11.9 Å². The van der Waals surface area contributed by atoms with Gasteiger partial charge in [-0.25, -0.2) is 0 Å². The summed E-state index contributed by atoms with van der Waals surface area (Å²) in [5.41, 5.74) is 3.89. The van der Waals surface area contributed by atoms with Gasteiger partial charge in [-0.3, -0.25) is 9.59 Å². The molecule has 104 valence electrons. The van der Waals surface area contributed by atoms with Crippen molar-refractivity contribution in [3.63, 3.8) is 0 Å². The van der Waals surface area contributed by atoms with E-state index in [1.165, 1.54) is 0 Å². The molecule has 3 N–H and O–H groups in total. The number of hydrogen-bond acceptors (Lipinski definition) is 4. The highest BCUT2D eigenvalue weighted by Crippen LogP contribution is 2.42. The average Bonchev–Trinajstić information content (AvgIpc) is 2.26. The lowest BCUT2D eigenvalue weighted by Crippen LogP contribution is -2.51. The summed E-state index contributed by atoms with van der Waals surface area (Å²) in [7, 11) is 0. The van der Waals surface area contributed by atoms with Crippen LogP contribution in [0, 0.1) is 11.3 Å². The van der Waals surface area contributed by atoms with Crippen molar-refractivity contribution in [3.8, 4) is 0 Å². The van der Waals surface area contributed by atoms with E-state index in [-0.39, 0.29) is 6.54 Å². The number of carbonyl (C=O) groups excluding carboxylic acids is 1. The molecule has 0 aromatic carbocycles. The highest BCUT2D eigenvalue weighted by Gasteiger charge is 2.50. The number of rotatable bonds is 3. The largest absolute Gasteiger partial charge is 0.481 e. The fourth-order valence-electron chi connectivity index (χ4n) is 2.54. The van der Waals surface area contributed by atoms with Gasteiger partial charge in [0.05, 0.1) is 11.3 Å². The predicted molar refractivity (Wildman–Crippen MR) is 66.9 cm³/mol. The maximum absolute atomic E-state index is 12.2. The Bertz CT molecular complexity index is 334. The lowest BCUT2D eigenvalue weighted by atomic mass is 9.66. The number of carboxylic acids is 1. The Kier molecular flexibility index (Phi) is 4.37.